The molecule has 0 heterocycles. The first-order valence-corrected chi connectivity index (χ1v) is 11.0. The van der Waals surface area contributed by atoms with E-state index in [9.17, 15) is 9.59 Å². The molecule has 3 aromatic rings. The number of ether oxygens (including phenoxy) is 5. The van der Waals surface area contributed by atoms with Crippen molar-refractivity contribution in [3.05, 3.63) is 76.9 Å². The first kappa shape index (κ1) is 26.1. The van der Waals surface area contributed by atoms with Gasteiger partial charge in [-0.25, -0.2) is 10.2 Å². The maximum atomic E-state index is 12.7. The first-order chi connectivity index (χ1) is 17.3. The van der Waals surface area contributed by atoms with Gasteiger partial charge in [-0.3, -0.25) is 4.79 Å². The lowest BCUT2D eigenvalue weighted by molar-refractivity contribution is -0.123. The summed E-state index contributed by atoms with van der Waals surface area (Å²) in [5, 5.41) is 3.94. The minimum absolute atomic E-state index is 0.173. The van der Waals surface area contributed by atoms with Crippen molar-refractivity contribution in [2.45, 2.75) is 13.8 Å². The van der Waals surface area contributed by atoms with Gasteiger partial charge in [-0.15, -0.1) is 0 Å². The highest BCUT2D eigenvalue weighted by Crippen LogP contribution is 2.38. The highest BCUT2D eigenvalue weighted by molar-refractivity contribution is 5.93. The van der Waals surface area contributed by atoms with E-state index in [2.05, 4.69) is 10.5 Å². The van der Waals surface area contributed by atoms with Gasteiger partial charge in [0.1, 0.15) is 11.5 Å². The zero-order valence-electron chi connectivity index (χ0n) is 20.8. The van der Waals surface area contributed by atoms with Crippen molar-refractivity contribution in [1.29, 1.82) is 0 Å². The molecule has 1 amide bonds. The second-order valence-corrected chi connectivity index (χ2v) is 7.73. The fourth-order valence-corrected chi connectivity index (χ4v) is 3.24. The third-order valence-electron chi connectivity index (χ3n) is 5.07. The minimum atomic E-state index is -0.611. The molecular formula is C27H28N2O7. The van der Waals surface area contributed by atoms with Gasteiger partial charge in [-0.1, -0.05) is 24.3 Å². The maximum absolute atomic E-state index is 12.7. The number of amides is 1. The van der Waals surface area contributed by atoms with Crippen molar-refractivity contribution in [2.75, 3.05) is 27.9 Å². The highest BCUT2D eigenvalue weighted by Gasteiger charge is 2.18. The van der Waals surface area contributed by atoms with E-state index in [4.69, 9.17) is 23.7 Å². The van der Waals surface area contributed by atoms with Gasteiger partial charge in [0, 0.05) is 0 Å². The maximum Gasteiger partial charge on any atom is 0.343 e. The molecule has 0 aliphatic heterocycles. The lowest BCUT2D eigenvalue weighted by Crippen LogP contribution is -2.24. The molecule has 36 heavy (non-hydrogen) atoms. The van der Waals surface area contributed by atoms with Gasteiger partial charge in [0.15, 0.2) is 18.1 Å². The van der Waals surface area contributed by atoms with E-state index in [0.29, 0.717) is 34.3 Å². The van der Waals surface area contributed by atoms with Crippen LogP contribution in [-0.2, 0) is 4.79 Å². The highest BCUT2D eigenvalue weighted by atomic mass is 16.5. The van der Waals surface area contributed by atoms with Crippen molar-refractivity contribution in [3.8, 4) is 28.7 Å². The second-order valence-electron chi connectivity index (χ2n) is 7.73. The van der Waals surface area contributed by atoms with Crippen LogP contribution in [-0.4, -0.2) is 46.0 Å². The Labute approximate surface area is 209 Å². The molecule has 0 spiro atoms. The number of benzene rings is 3. The molecule has 0 atom stereocenters. The van der Waals surface area contributed by atoms with Crippen LogP contribution >= 0.6 is 0 Å². The van der Waals surface area contributed by atoms with E-state index in [0.717, 1.165) is 11.1 Å². The van der Waals surface area contributed by atoms with E-state index in [-0.39, 0.29) is 12.2 Å². The van der Waals surface area contributed by atoms with Gasteiger partial charge in [0.05, 0.1) is 33.1 Å². The number of nitrogens with zero attached hydrogens (tertiary/aromatic N) is 1. The van der Waals surface area contributed by atoms with Crippen LogP contribution in [0.5, 0.6) is 28.7 Å². The lowest BCUT2D eigenvalue weighted by atomic mass is 10.1. The number of nitrogens with one attached hydrogen (secondary N) is 1. The predicted octanol–water partition coefficient (Wildman–Crippen LogP) is 4.08. The lowest BCUT2D eigenvalue weighted by Gasteiger charge is -2.13. The zero-order chi connectivity index (χ0) is 26.1. The fourth-order valence-electron chi connectivity index (χ4n) is 3.24. The molecule has 0 aromatic heterocycles. The Kier molecular flexibility index (Phi) is 8.88. The van der Waals surface area contributed by atoms with Gasteiger partial charge in [-0.05, 0) is 60.9 Å². The Morgan fingerprint density at radius 3 is 2.28 bits per heavy atom. The van der Waals surface area contributed by atoms with E-state index < -0.39 is 11.9 Å². The number of rotatable bonds is 10. The Bertz CT molecular complexity index is 1250. The molecule has 3 aromatic carbocycles. The molecule has 0 saturated heterocycles. The van der Waals surface area contributed by atoms with Crippen molar-refractivity contribution in [1.82, 2.24) is 5.43 Å². The van der Waals surface area contributed by atoms with Crippen molar-refractivity contribution >= 4 is 18.1 Å². The molecule has 0 radical (unpaired) electrons. The van der Waals surface area contributed by atoms with Gasteiger partial charge >= 0.3 is 5.97 Å². The zero-order valence-corrected chi connectivity index (χ0v) is 20.8. The van der Waals surface area contributed by atoms with Gasteiger partial charge < -0.3 is 23.7 Å². The molecule has 0 aliphatic rings. The second kappa shape index (κ2) is 12.3. The molecule has 3 rings (SSSR count). The molecule has 0 fully saturated rings. The molecular weight excluding hydrogens is 464 g/mol. The Hall–Kier alpha value is -4.53. The SMILES string of the molecule is COc1cc(C(=O)Oc2cccc(/C=N/NC(=O)COc3cc(C)ccc3C)c2)cc(OC)c1OC. The number of carbonyl (C=O) groups excluding carboxylic acids is 2. The van der Waals surface area contributed by atoms with Gasteiger partial charge in [0.2, 0.25) is 5.75 Å². The van der Waals surface area contributed by atoms with Crippen LogP contribution in [0.1, 0.15) is 27.0 Å². The average Bonchev–Trinajstić information content (AvgIpc) is 2.88. The summed E-state index contributed by atoms with van der Waals surface area (Å²) in [4.78, 5) is 24.8. The van der Waals surface area contributed by atoms with Crippen LogP contribution in [0.2, 0.25) is 0 Å². The molecule has 188 valence electrons. The van der Waals surface area contributed by atoms with Crippen molar-refractivity contribution in [3.63, 3.8) is 0 Å². The number of hydrogen-bond acceptors (Lipinski definition) is 8. The quantitative estimate of drug-likeness (QED) is 0.197. The minimum Gasteiger partial charge on any atom is -0.493 e. The van der Waals surface area contributed by atoms with Crippen LogP contribution in [0.15, 0.2) is 59.7 Å². The summed E-state index contributed by atoms with van der Waals surface area (Å²) in [5.74, 6) is 0.968. The molecule has 9 heteroatoms. The third-order valence-corrected chi connectivity index (χ3v) is 5.07. The number of esters is 1. The first-order valence-electron chi connectivity index (χ1n) is 11.0. The standard InChI is InChI=1S/C27H28N2O7/c1-17-9-10-18(2)22(11-17)35-16-25(30)29-28-15-19-7-6-8-21(12-19)36-27(31)20-13-23(32-3)26(34-5)24(14-20)33-4/h6-15H,16H2,1-5H3,(H,29,30)/b28-15+. The summed E-state index contributed by atoms with van der Waals surface area (Å²) in [6.45, 7) is 3.69. The van der Waals surface area contributed by atoms with Crippen molar-refractivity contribution in [2.24, 2.45) is 5.10 Å². The predicted molar refractivity (Wildman–Crippen MR) is 135 cm³/mol. The Morgan fingerprint density at radius 2 is 1.61 bits per heavy atom. The number of aryl methyl sites for hydroxylation is 2. The monoisotopic (exact) mass is 492 g/mol. The summed E-state index contributed by atoms with van der Waals surface area (Å²) in [7, 11) is 4.40. The fraction of sp³-hybridized carbons (Fsp3) is 0.222. The van der Waals surface area contributed by atoms with Gasteiger partial charge in [-0.2, -0.15) is 5.10 Å². The van der Waals surface area contributed by atoms with Crippen LogP contribution in [0.25, 0.3) is 0 Å². The van der Waals surface area contributed by atoms with Crippen LogP contribution < -0.4 is 29.1 Å². The molecule has 1 N–H and O–H groups in total. The summed E-state index contributed by atoms with van der Waals surface area (Å²) >= 11 is 0. The number of hydrogen-bond donors (Lipinski definition) is 1. The molecule has 0 unspecified atom stereocenters. The summed E-state index contributed by atoms with van der Waals surface area (Å²) in [6.07, 6.45) is 1.44. The summed E-state index contributed by atoms with van der Waals surface area (Å²) < 4.78 is 26.9. The largest absolute Gasteiger partial charge is 0.493 e. The Morgan fingerprint density at radius 1 is 0.889 bits per heavy atom. The summed E-state index contributed by atoms with van der Waals surface area (Å²) in [5.41, 5.74) is 5.23. The van der Waals surface area contributed by atoms with Gasteiger partial charge in [0.25, 0.3) is 5.91 Å². The van der Waals surface area contributed by atoms with E-state index in [1.807, 2.05) is 32.0 Å². The number of carbonyl (C=O) groups is 2. The molecule has 0 bridgehead atoms. The normalized spacial score (nSPS) is 10.6. The Balaban J connectivity index is 1.60. The number of hydrazone groups is 1. The van der Waals surface area contributed by atoms with Crippen molar-refractivity contribution < 1.29 is 33.3 Å². The topological polar surface area (TPSA) is 105 Å². The smallest absolute Gasteiger partial charge is 0.343 e. The van der Waals surface area contributed by atoms with E-state index in [1.54, 1.807) is 24.3 Å². The van der Waals surface area contributed by atoms with Crippen LogP contribution in [0.4, 0.5) is 0 Å². The molecule has 0 saturated carbocycles. The van der Waals surface area contributed by atoms with E-state index in [1.165, 1.54) is 39.7 Å². The summed E-state index contributed by atoms with van der Waals surface area (Å²) in [6, 6.07) is 15.5. The molecule has 0 aliphatic carbocycles. The third kappa shape index (κ3) is 6.75. The van der Waals surface area contributed by atoms with Crippen LogP contribution in [0, 0.1) is 13.8 Å². The molecule has 9 nitrogen and oxygen atoms in total. The average molecular weight is 493 g/mol. The number of methoxy groups -OCH3 is 3. The van der Waals surface area contributed by atoms with Crippen LogP contribution in [0.3, 0.4) is 0 Å². The van der Waals surface area contributed by atoms with E-state index >= 15 is 0 Å².